The lowest BCUT2D eigenvalue weighted by Gasteiger charge is -2.06. The van der Waals surface area contributed by atoms with Gasteiger partial charge in [-0.2, -0.15) is 0 Å². The predicted molar refractivity (Wildman–Crippen MR) is 88.7 cm³/mol. The standard InChI is InChI=1S/C20H15NO/c21-19(15-7-3-1-4-8-15)16-11-13-18(14-12-16)20(22)17-9-5-2-6-10-17/h1-14,21H. The predicted octanol–water partition coefficient (Wildman–Crippen LogP) is 4.33. The second kappa shape index (κ2) is 6.19. The molecule has 0 saturated carbocycles. The monoisotopic (exact) mass is 285 g/mol. The van der Waals surface area contributed by atoms with Gasteiger partial charge in [0.2, 0.25) is 0 Å². The lowest BCUT2D eigenvalue weighted by atomic mass is 9.98. The van der Waals surface area contributed by atoms with Crippen LogP contribution in [0.1, 0.15) is 27.0 Å². The summed E-state index contributed by atoms with van der Waals surface area (Å²) in [7, 11) is 0. The Morgan fingerprint density at radius 1 is 0.545 bits per heavy atom. The van der Waals surface area contributed by atoms with Crippen molar-refractivity contribution in [3.63, 3.8) is 0 Å². The SMILES string of the molecule is N=C(c1ccccc1)c1ccc(C(=O)c2ccccc2)cc1. The van der Waals surface area contributed by atoms with Crippen LogP contribution in [-0.2, 0) is 0 Å². The van der Waals surface area contributed by atoms with E-state index in [0.29, 0.717) is 16.8 Å². The van der Waals surface area contributed by atoms with E-state index in [4.69, 9.17) is 5.41 Å². The first-order chi connectivity index (χ1) is 10.8. The summed E-state index contributed by atoms with van der Waals surface area (Å²) >= 11 is 0. The number of nitrogens with one attached hydrogen (secondary N) is 1. The van der Waals surface area contributed by atoms with Crippen molar-refractivity contribution in [2.45, 2.75) is 0 Å². The molecule has 0 heterocycles. The van der Waals surface area contributed by atoms with Crippen molar-refractivity contribution < 1.29 is 4.79 Å². The van der Waals surface area contributed by atoms with Gasteiger partial charge in [0.05, 0.1) is 5.71 Å². The normalized spacial score (nSPS) is 10.2. The van der Waals surface area contributed by atoms with Gasteiger partial charge in [-0.15, -0.1) is 0 Å². The highest BCUT2D eigenvalue weighted by atomic mass is 16.1. The van der Waals surface area contributed by atoms with Crippen molar-refractivity contribution in [3.8, 4) is 0 Å². The number of hydrogen-bond acceptors (Lipinski definition) is 2. The lowest BCUT2D eigenvalue weighted by Crippen LogP contribution is -2.04. The number of hydrogen-bond donors (Lipinski definition) is 1. The molecule has 2 heteroatoms. The molecular formula is C20H15NO. The highest BCUT2D eigenvalue weighted by Gasteiger charge is 2.09. The average molecular weight is 285 g/mol. The summed E-state index contributed by atoms with van der Waals surface area (Å²) in [4.78, 5) is 12.3. The molecule has 0 bridgehead atoms. The molecule has 3 aromatic carbocycles. The molecule has 0 aromatic heterocycles. The fraction of sp³-hybridized carbons (Fsp3) is 0. The molecule has 0 aliphatic rings. The summed E-state index contributed by atoms with van der Waals surface area (Å²) in [6, 6.07) is 26.0. The van der Waals surface area contributed by atoms with Gasteiger partial charge in [0.1, 0.15) is 0 Å². The molecule has 3 aromatic rings. The molecule has 0 aliphatic heterocycles. The minimum atomic E-state index is -0.00149. The molecule has 0 amide bonds. The maximum atomic E-state index is 12.3. The van der Waals surface area contributed by atoms with Gasteiger partial charge in [-0.25, -0.2) is 0 Å². The van der Waals surface area contributed by atoms with Crippen LogP contribution in [0.3, 0.4) is 0 Å². The molecule has 0 aliphatic carbocycles. The second-order valence-corrected chi connectivity index (χ2v) is 5.01. The van der Waals surface area contributed by atoms with Crippen molar-refractivity contribution in [1.82, 2.24) is 0 Å². The van der Waals surface area contributed by atoms with E-state index in [9.17, 15) is 4.79 Å². The van der Waals surface area contributed by atoms with Crippen LogP contribution in [0.2, 0.25) is 0 Å². The van der Waals surface area contributed by atoms with Crippen LogP contribution in [0.25, 0.3) is 0 Å². The minimum Gasteiger partial charge on any atom is -0.300 e. The fourth-order valence-corrected chi connectivity index (χ4v) is 2.32. The third-order valence-corrected chi connectivity index (χ3v) is 3.53. The Bertz CT molecular complexity index is 720. The molecule has 0 saturated heterocycles. The smallest absolute Gasteiger partial charge is 0.193 e. The first-order valence-corrected chi connectivity index (χ1v) is 7.10. The van der Waals surface area contributed by atoms with Gasteiger partial charge in [-0.05, 0) is 5.56 Å². The van der Waals surface area contributed by atoms with Crippen molar-refractivity contribution >= 4 is 11.5 Å². The molecule has 3 rings (SSSR count). The van der Waals surface area contributed by atoms with E-state index >= 15 is 0 Å². The molecule has 0 unspecified atom stereocenters. The zero-order chi connectivity index (χ0) is 15.4. The van der Waals surface area contributed by atoms with E-state index < -0.39 is 0 Å². The highest BCUT2D eigenvalue weighted by Crippen LogP contribution is 2.14. The molecule has 2 nitrogen and oxygen atoms in total. The molecule has 0 spiro atoms. The van der Waals surface area contributed by atoms with Crippen molar-refractivity contribution in [1.29, 1.82) is 5.41 Å². The Morgan fingerprint density at radius 3 is 1.45 bits per heavy atom. The highest BCUT2D eigenvalue weighted by molar-refractivity contribution is 6.12. The van der Waals surface area contributed by atoms with Gasteiger partial charge in [0, 0.05) is 16.7 Å². The molecule has 0 radical (unpaired) electrons. The number of carbonyl (C=O) groups is 1. The van der Waals surface area contributed by atoms with Crippen molar-refractivity contribution in [2.75, 3.05) is 0 Å². The van der Waals surface area contributed by atoms with Crippen LogP contribution in [0.5, 0.6) is 0 Å². The van der Waals surface area contributed by atoms with Crippen molar-refractivity contribution in [3.05, 3.63) is 107 Å². The topological polar surface area (TPSA) is 40.9 Å². The number of carbonyl (C=O) groups excluding carboxylic acids is 1. The van der Waals surface area contributed by atoms with Gasteiger partial charge in [-0.3, -0.25) is 10.2 Å². The van der Waals surface area contributed by atoms with Gasteiger partial charge < -0.3 is 0 Å². The Balaban J connectivity index is 1.84. The van der Waals surface area contributed by atoms with Gasteiger partial charge in [0.25, 0.3) is 0 Å². The summed E-state index contributed by atoms with van der Waals surface area (Å²) in [6.45, 7) is 0. The van der Waals surface area contributed by atoms with Crippen LogP contribution in [0.4, 0.5) is 0 Å². The van der Waals surface area contributed by atoms with E-state index in [-0.39, 0.29) is 5.78 Å². The van der Waals surface area contributed by atoms with Crippen LogP contribution >= 0.6 is 0 Å². The lowest BCUT2D eigenvalue weighted by molar-refractivity contribution is 0.103. The number of ketones is 1. The Morgan fingerprint density at radius 2 is 0.909 bits per heavy atom. The minimum absolute atomic E-state index is 0.00149. The molecule has 22 heavy (non-hydrogen) atoms. The summed E-state index contributed by atoms with van der Waals surface area (Å²) in [5.74, 6) is -0.00149. The second-order valence-electron chi connectivity index (χ2n) is 5.01. The molecule has 1 N–H and O–H groups in total. The first-order valence-electron chi connectivity index (χ1n) is 7.10. The third-order valence-electron chi connectivity index (χ3n) is 3.53. The van der Waals surface area contributed by atoms with Crippen LogP contribution < -0.4 is 0 Å². The van der Waals surface area contributed by atoms with Crippen molar-refractivity contribution in [2.24, 2.45) is 0 Å². The summed E-state index contributed by atoms with van der Waals surface area (Å²) in [6.07, 6.45) is 0. The van der Waals surface area contributed by atoms with Crippen LogP contribution in [-0.4, -0.2) is 11.5 Å². The van der Waals surface area contributed by atoms with Gasteiger partial charge in [-0.1, -0.05) is 84.9 Å². The van der Waals surface area contributed by atoms with Gasteiger partial charge in [0.15, 0.2) is 5.78 Å². The quantitative estimate of drug-likeness (QED) is 0.562. The fourth-order valence-electron chi connectivity index (χ4n) is 2.32. The maximum Gasteiger partial charge on any atom is 0.193 e. The summed E-state index contributed by atoms with van der Waals surface area (Å²) in [5.41, 5.74) is 3.43. The van der Waals surface area contributed by atoms with E-state index in [1.54, 1.807) is 12.1 Å². The Labute approximate surface area is 129 Å². The van der Waals surface area contributed by atoms with E-state index in [1.165, 1.54) is 0 Å². The first kappa shape index (κ1) is 14.0. The number of rotatable bonds is 4. The van der Waals surface area contributed by atoms with Gasteiger partial charge >= 0.3 is 0 Å². The van der Waals surface area contributed by atoms with E-state index in [1.807, 2.05) is 72.8 Å². The maximum absolute atomic E-state index is 12.3. The average Bonchev–Trinajstić information content (AvgIpc) is 2.62. The van der Waals surface area contributed by atoms with E-state index in [0.717, 1.165) is 11.1 Å². The van der Waals surface area contributed by atoms with Crippen LogP contribution in [0.15, 0.2) is 84.9 Å². The Kier molecular flexibility index (Phi) is 3.92. The van der Waals surface area contributed by atoms with E-state index in [2.05, 4.69) is 0 Å². The number of benzene rings is 3. The molecular weight excluding hydrogens is 270 g/mol. The zero-order valence-electron chi connectivity index (χ0n) is 12.0. The summed E-state index contributed by atoms with van der Waals surface area (Å²) in [5, 5.41) is 8.23. The molecule has 0 fully saturated rings. The molecule has 106 valence electrons. The summed E-state index contributed by atoms with van der Waals surface area (Å²) < 4.78 is 0. The molecule has 0 atom stereocenters. The third kappa shape index (κ3) is 2.86. The zero-order valence-corrected chi connectivity index (χ0v) is 12.0. The van der Waals surface area contributed by atoms with Crippen LogP contribution in [0, 0.1) is 5.41 Å². The largest absolute Gasteiger partial charge is 0.300 e. The Hall–Kier alpha value is -3.00.